The average Bonchev–Trinajstić information content (AvgIpc) is 2.40. The zero-order valence-corrected chi connectivity index (χ0v) is 12.2. The maximum Gasteiger partial charge on any atom is 0.230 e. The molecule has 0 heterocycles. The molecule has 106 valence electrons. The summed E-state index contributed by atoms with van der Waals surface area (Å²) in [6, 6.07) is 6.91. The summed E-state index contributed by atoms with van der Waals surface area (Å²) in [6.45, 7) is 6.80. The fourth-order valence-corrected chi connectivity index (χ4v) is 2.30. The van der Waals surface area contributed by atoms with Gasteiger partial charge in [-0.25, -0.2) is 0 Å². The van der Waals surface area contributed by atoms with Crippen molar-refractivity contribution in [3.8, 4) is 5.75 Å². The Kier molecular flexibility index (Phi) is 6.40. The van der Waals surface area contributed by atoms with Crippen LogP contribution in [0.25, 0.3) is 0 Å². The second kappa shape index (κ2) is 7.82. The number of hydrogen-bond acceptors (Lipinski definition) is 2. The van der Waals surface area contributed by atoms with Crippen LogP contribution in [0.4, 0.5) is 5.69 Å². The fourth-order valence-electron chi connectivity index (χ4n) is 2.30. The number of unbranched alkanes of at least 4 members (excludes halogenated alkanes) is 1. The number of hydrogen-bond donors (Lipinski definition) is 1. The topological polar surface area (TPSA) is 40.5 Å². The van der Waals surface area contributed by atoms with Gasteiger partial charge in [0.1, 0.15) is 5.75 Å². The molecule has 0 aliphatic carbocycles. The van der Waals surface area contributed by atoms with E-state index in [-0.39, 0.29) is 17.6 Å². The standard InChI is InChI=1S/C16H25NO2/c1-4-7-9-13(5-2)16(19)17(6-3)14-10-8-11-15(18)12-14/h8,10-13,18H,4-7,9H2,1-3H3. The third-order valence-electron chi connectivity index (χ3n) is 3.47. The molecule has 0 saturated carbocycles. The molecular weight excluding hydrogens is 238 g/mol. The lowest BCUT2D eigenvalue weighted by atomic mass is 9.97. The summed E-state index contributed by atoms with van der Waals surface area (Å²) in [7, 11) is 0. The van der Waals surface area contributed by atoms with Crippen LogP contribution in [0, 0.1) is 5.92 Å². The molecule has 0 bridgehead atoms. The molecule has 3 nitrogen and oxygen atoms in total. The van der Waals surface area contributed by atoms with E-state index in [0.29, 0.717) is 6.54 Å². The normalized spacial score (nSPS) is 12.2. The number of carbonyl (C=O) groups is 1. The molecule has 0 saturated heterocycles. The second-order valence-corrected chi connectivity index (χ2v) is 4.85. The largest absolute Gasteiger partial charge is 0.508 e. The van der Waals surface area contributed by atoms with Gasteiger partial charge in [0, 0.05) is 24.2 Å². The summed E-state index contributed by atoms with van der Waals surface area (Å²) in [5.74, 6) is 0.455. The number of rotatable bonds is 7. The van der Waals surface area contributed by atoms with E-state index >= 15 is 0 Å². The molecule has 1 aromatic rings. The highest BCUT2D eigenvalue weighted by Crippen LogP contribution is 2.24. The van der Waals surface area contributed by atoms with Gasteiger partial charge in [0.15, 0.2) is 0 Å². The number of carbonyl (C=O) groups excluding carboxylic acids is 1. The first-order valence-corrected chi connectivity index (χ1v) is 7.24. The lowest BCUT2D eigenvalue weighted by Gasteiger charge is -2.26. The van der Waals surface area contributed by atoms with Crippen LogP contribution in [0.1, 0.15) is 46.5 Å². The maximum absolute atomic E-state index is 12.6. The Morgan fingerprint density at radius 2 is 2.05 bits per heavy atom. The monoisotopic (exact) mass is 263 g/mol. The van der Waals surface area contributed by atoms with E-state index in [1.807, 2.05) is 13.0 Å². The van der Waals surface area contributed by atoms with Crippen molar-refractivity contribution < 1.29 is 9.90 Å². The first kappa shape index (κ1) is 15.5. The van der Waals surface area contributed by atoms with Gasteiger partial charge >= 0.3 is 0 Å². The predicted molar refractivity (Wildman–Crippen MR) is 79.4 cm³/mol. The Bertz CT molecular complexity index is 403. The number of benzene rings is 1. The summed E-state index contributed by atoms with van der Waals surface area (Å²) in [5.41, 5.74) is 0.780. The molecule has 0 aliphatic rings. The van der Waals surface area contributed by atoms with Gasteiger partial charge in [-0.2, -0.15) is 0 Å². The highest BCUT2D eigenvalue weighted by atomic mass is 16.3. The Morgan fingerprint density at radius 3 is 2.58 bits per heavy atom. The summed E-state index contributed by atoms with van der Waals surface area (Å²) in [5, 5.41) is 9.54. The number of nitrogens with zero attached hydrogens (tertiary/aromatic N) is 1. The Morgan fingerprint density at radius 1 is 1.32 bits per heavy atom. The smallest absolute Gasteiger partial charge is 0.230 e. The number of aromatic hydroxyl groups is 1. The number of anilines is 1. The molecule has 19 heavy (non-hydrogen) atoms. The van der Waals surface area contributed by atoms with Crippen LogP contribution in [0.5, 0.6) is 5.75 Å². The maximum atomic E-state index is 12.6. The lowest BCUT2D eigenvalue weighted by molar-refractivity contribution is -0.122. The molecule has 0 aromatic heterocycles. The van der Waals surface area contributed by atoms with Gasteiger partial charge < -0.3 is 10.0 Å². The van der Waals surface area contributed by atoms with Crippen LogP contribution in [0.3, 0.4) is 0 Å². The lowest BCUT2D eigenvalue weighted by Crippen LogP contribution is -2.36. The molecule has 1 aromatic carbocycles. The van der Waals surface area contributed by atoms with Gasteiger partial charge in [-0.3, -0.25) is 4.79 Å². The average molecular weight is 263 g/mol. The van der Waals surface area contributed by atoms with E-state index in [1.165, 1.54) is 0 Å². The quantitative estimate of drug-likeness (QED) is 0.809. The molecule has 1 rings (SSSR count). The van der Waals surface area contributed by atoms with E-state index in [1.54, 1.807) is 23.1 Å². The van der Waals surface area contributed by atoms with E-state index in [0.717, 1.165) is 31.4 Å². The fraction of sp³-hybridized carbons (Fsp3) is 0.562. The van der Waals surface area contributed by atoms with Crippen LogP contribution in [0.2, 0.25) is 0 Å². The molecule has 1 amide bonds. The highest BCUT2D eigenvalue weighted by molar-refractivity contribution is 5.95. The Balaban J connectivity index is 2.86. The van der Waals surface area contributed by atoms with Gasteiger partial charge in [-0.15, -0.1) is 0 Å². The van der Waals surface area contributed by atoms with Crippen molar-refractivity contribution in [3.63, 3.8) is 0 Å². The second-order valence-electron chi connectivity index (χ2n) is 4.85. The molecule has 1 N–H and O–H groups in total. The first-order valence-electron chi connectivity index (χ1n) is 7.24. The van der Waals surface area contributed by atoms with Crippen LogP contribution < -0.4 is 4.90 Å². The van der Waals surface area contributed by atoms with E-state index < -0.39 is 0 Å². The molecule has 3 heteroatoms. The van der Waals surface area contributed by atoms with Crippen molar-refractivity contribution in [2.75, 3.05) is 11.4 Å². The Hall–Kier alpha value is -1.51. The van der Waals surface area contributed by atoms with Crippen molar-refractivity contribution in [2.45, 2.75) is 46.5 Å². The number of amides is 1. The van der Waals surface area contributed by atoms with E-state index in [2.05, 4.69) is 13.8 Å². The Labute approximate surface area is 116 Å². The highest BCUT2D eigenvalue weighted by Gasteiger charge is 2.22. The van der Waals surface area contributed by atoms with Crippen molar-refractivity contribution in [1.82, 2.24) is 0 Å². The molecule has 1 atom stereocenters. The SMILES string of the molecule is CCCCC(CC)C(=O)N(CC)c1cccc(O)c1. The van der Waals surface area contributed by atoms with Crippen LogP contribution in [0.15, 0.2) is 24.3 Å². The molecule has 0 spiro atoms. The van der Waals surface area contributed by atoms with Crippen LogP contribution in [-0.2, 0) is 4.79 Å². The summed E-state index contributed by atoms with van der Waals surface area (Å²) in [4.78, 5) is 14.3. The van der Waals surface area contributed by atoms with Gasteiger partial charge in [0.25, 0.3) is 0 Å². The van der Waals surface area contributed by atoms with Gasteiger partial charge in [0.05, 0.1) is 0 Å². The van der Waals surface area contributed by atoms with E-state index in [9.17, 15) is 9.90 Å². The number of phenols is 1. The molecule has 0 aliphatic heterocycles. The minimum Gasteiger partial charge on any atom is -0.508 e. The predicted octanol–water partition coefficient (Wildman–Crippen LogP) is 3.96. The van der Waals surface area contributed by atoms with Gasteiger partial charge in [0.2, 0.25) is 5.91 Å². The summed E-state index contributed by atoms with van der Waals surface area (Å²) < 4.78 is 0. The minimum absolute atomic E-state index is 0.0854. The third kappa shape index (κ3) is 4.27. The van der Waals surface area contributed by atoms with Crippen LogP contribution >= 0.6 is 0 Å². The van der Waals surface area contributed by atoms with Crippen molar-refractivity contribution >= 4 is 11.6 Å². The number of phenolic OH excluding ortho intramolecular Hbond substituents is 1. The molecular formula is C16H25NO2. The van der Waals surface area contributed by atoms with Crippen molar-refractivity contribution in [2.24, 2.45) is 5.92 Å². The van der Waals surface area contributed by atoms with E-state index in [4.69, 9.17) is 0 Å². The third-order valence-corrected chi connectivity index (χ3v) is 3.47. The minimum atomic E-state index is 0.0854. The first-order chi connectivity index (χ1) is 9.13. The zero-order chi connectivity index (χ0) is 14.3. The summed E-state index contributed by atoms with van der Waals surface area (Å²) in [6.07, 6.45) is 4.01. The van der Waals surface area contributed by atoms with Crippen molar-refractivity contribution in [3.05, 3.63) is 24.3 Å². The molecule has 0 fully saturated rings. The van der Waals surface area contributed by atoms with Gasteiger partial charge in [-0.1, -0.05) is 32.8 Å². The molecule has 1 unspecified atom stereocenters. The van der Waals surface area contributed by atoms with Crippen LogP contribution in [-0.4, -0.2) is 17.6 Å². The summed E-state index contributed by atoms with van der Waals surface area (Å²) >= 11 is 0. The van der Waals surface area contributed by atoms with Crippen molar-refractivity contribution in [1.29, 1.82) is 0 Å². The zero-order valence-electron chi connectivity index (χ0n) is 12.2. The molecule has 0 radical (unpaired) electrons. The van der Waals surface area contributed by atoms with Gasteiger partial charge in [-0.05, 0) is 31.9 Å².